The third-order valence-electron chi connectivity index (χ3n) is 0.957. The Bertz CT molecular complexity index is 116. The molecular formula is C4H10Cl3N2OP. The van der Waals surface area contributed by atoms with Crippen molar-refractivity contribution in [3.8, 4) is 0 Å². The number of hydrogen-bond donors (Lipinski definition) is 2. The monoisotopic (exact) mass is 238 g/mol. The number of halogens is 3. The van der Waals surface area contributed by atoms with E-state index in [4.69, 9.17) is 0 Å². The third kappa shape index (κ3) is 18.2. The van der Waals surface area contributed by atoms with Gasteiger partial charge in [-0.2, -0.15) is 0 Å². The molecule has 1 rings (SSSR count). The van der Waals surface area contributed by atoms with Crippen LogP contribution in [0.15, 0.2) is 0 Å². The predicted octanol–water partition coefficient (Wildman–Crippen LogP) is 1.99. The molecule has 0 unspecified atom stereocenters. The van der Waals surface area contributed by atoms with Crippen molar-refractivity contribution < 1.29 is 4.57 Å². The van der Waals surface area contributed by atoms with Gasteiger partial charge in [0.05, 0.1) is 0 Å². The second kappa shape index (κ2) is 6.53. The van der Waals surface area contributed by atoms with Crippen molar-refractivity contribution in [2.24, 2.45) is 0 Å². The summed E-state index contributed by atoms with van der Waals surface area (Å²) >= 11 is 13.8. The minimum absolute atomic E-state index is 1.14. The van der Waals surface area contributed by atoms with E-state index in [9.17, 15) is 4.57 Å². The molecule has 7 heteroatoms. The van der Waals surface area contributed by atoms with Crippen LogP contribution in [0.5, 0.6) is 0 Å². The first-order valence-corrected chi connectivity index (χ1v) is 7.53. The Balaban J connectivity index is 0.000000187. The first kappa shape index (κ1) is 12.0. The molecular weight excluding hydrogens is 229 g/mol. The summed E-state index contributed by atoms with van der Waals surface area (Å²) < 4.78 is 9.51. The van der Waals surface area contributed by atoms with E-state index in [1.165, 1.54) is 0 Å². The average Bonchev–Trinajstić information content (AvgIpc) is 1.88. The molecule has 1 saturated heterocycles. The van der Waals surface area contributed by atoms with Gasteiger partial charge >= 0.3 is 5.20 Å². The summed E-state index contributed by atoms with van der Waals surface area (Å²) in [6, 6.07) is 0. The molecule has 1 fully saturated rings. The molecule has 0 amide bonds. The Hall–Kier alpha value is 1.02. The van der Waals surface area contributed by atoms with E-state index >= 15 is 0 Å². The molecule has 0 aromatic rings. The molecule has 0 aromatic carbocycles. The van der Waals surface area contributed by atoms with Crippen LogP contribution in [-0.2, 0) is 4.57 Å². The summed E-state index contributed by atoms with van der Waals surface area (Å²) in [5, 5.41) is 3.22. The second-order valence-corrected chi connectivity index (χ2v) is 8.54. The van der Waals surface area contributed by atoms with Crippen LogP contribution in [0.2, 0.25) is 0 Å². The van der Waals surface area contributed by atoms with Crippen LogP contribution in [-0.4, -0.2) is 26.2 Å². The van der Waals surface area contributed by atoms with E-state index in [1.54, 1.807) is 0 Å². The largest absolute Gasteiger partial charge is 0.339 e. The van der Waals surface area contributed by atoms with Crippen molar-refractivity contribution in [1.82, 2.24) is 10.6 Å². The Morgan fingerprint density at radius 3 is 1.18 bits per heavy atom. The standard InChI is InChI=1S/C4H10N2.Cl3OP/c1-2-6-4-3-5-1;1-5(2,3)4/h5-6H,1-4H2;. The topological polar surface area (TPSA) is 41.1 Å². The number of piperazine rings is 1. The van der Waals surface area contributed by atoms with Gasteiger partial charge in [-0.25, -0.2) is 0 Å². The van der Waals surface area contributed by atoms with Gasteiger partial charge in [-0.1, -0.05) is 0 Å². The molecule has 1 aliphatic heterocycles. The van der Waals surface area contributed by atoms with E-state index in [-0.39, 0.29) is 0 Å². The molecule has 2 N–H and O–H groups in total. The highest BCUT2D eigenvalue weighted by atomic mass is 36.0. The molecule has 0 bridgehead atoms. The molecule has 0 atom stereocenters. The zero-order chi connectivity index (χ0) is 8.74. The van der Waals surface area contributed by atoms with Gasteiger partial charge in [0.2, 0.25) is 0 Å². The lowest BCUT2D eigenvalue weighted by Crippen LogP contribution is -2.39. The van der Waals surface area contributed by atoms with E-state index < -0.39 is 5.20 Å². The predicted molar refractivity (Wildman–Crippen MR) is 50.9 cm³/mol. The molecule has 3 nitrogen and oxygen atoms in total. The van der Waals surface area contributed by atoms with Gasteiger partial charge in [0, 0.05) is 26.2 Å². The van der Waals surface area contributed by atoms with Gasteiger partial charge in [-0.05, 0) is 33.7 Å². The summed E-state index contributed by atoms with van der Waals surface area (Å²) in [5.41, 5.74) is 0. The van der Waals surface area contributed by atoms with Crippen molar-refractivity contribution in [1.29, 1.82) is 0 Å². The first-order chi connectivity index (χ1) is 5.00. The second-order valence-electron chi connectivity index (χ2n) is 1.90. The third-order valence-corrected chi connectivity index (χ3v) is 0.957. The van der Waals surface area contributed by atoms with Gasteiger partial charge in [0.15, 0.2) is 0 Å². The molecule has 68 valence electrons. The van der Waals surface area contributed by atoms with Crippen LogP contribution >= 0.6 is 38.9 Å². The van der Waals surface area contributed by atoms with E-state index in [2.05, 4.69) is 44.4 Å². The van der Waals surface area contributed by atoms with Crippen molar-refractivity contribution >= 4 is 38.9 Å². The van der Waals surface area contributed by atoms with Crippen molar-refractivity contribution in [2.45, 2.75) is 0 Å². The fraction of sp³-hybridized carbons (Fsp3) is 1.00. The summed E-state index contributed by atoms with van der Waals surface area (Å²) in [6.45, 7) is 4.56. The van der Waals surface area contributed by atoms with Gasteiger partial charge in [-0.3, -0.25) is 4.57 Å². The van der Waals surface area contributed by atoms with Gasteiger partial charge in [0.25, 0.3) is 0 Å². The lowest BCUT2D eigenvalue weighted by atomic mass is 10.4. The smallest absolute Gasteiger partial charge is 0.314 e. The molecule has 11 heavy (non-hydrogen) atoms. The minimum Gasteiger partial charge on any atom is -0.314 e. The summed E-state index contributed by atoms with van der Waals surface area (Å²) in [5.74, 6) is 0. The quantitative estimate of drug-likeness (QED) is 0.635. The summed E-state index contributed by atoms with van der Waals surface area (Å²) in [6.07, 6.45) is 0. The van der Waals surface area contributed by atoms with Crippen molar-refractivity contribution in [2.75, 3.05) is 26.2 Å². The molecule has 0 radical (unpaired) electrons. The van der Waals surface area contributed by atoms with Crippen molar-refractivity contribution in [3.63, 3.8) is 0 Å². The summed E-state index contributed by atoms with van der Waals surface area (Å²) in [7, 11) is 0. The highest BCUT2D eigenvalue weighted by Crippen LogP contribution is 2.61. The minimum atomic E-state index is -3.22. The highest BCUT2D eigenvalue weighted by Gasteiger charge is 2.02. The maximum absolute atomic E-state index is 9.51. The SMILES string of the molecule is C1CNCCN1.O=P(Cl)(Cl)Cl. The number of hydrogen-bond acceptors (Lipinski definition) is 3. The molecule has 1 heterocycles. The molecule has 0 aliphatic carbocycles. The Morgan fingerprint density at radius 2 is 1.09 bits per heavy atom. The van der Waals surface area contributed by atoms with E-state index in [0.717, 1.165) is 26.2 Å². The lowest BCUT2D eigenvalue weighted by molar-refractivity contribution is 0.534. The zero-order valence-electron chi connectivity index (χ0n) is 5.82. The number of rotatable bonds is 0. The van der Waals surface area contributed by atoms with Gasteiger partial charge in [-0.15, -0.1) is 0 Å². The van der Waals surface area contributed by atoms with Crippen LogP contribution in [0.4, 0.5) is 0 Å². The van der Waals surface area contributed by atoms with Crippen molar-refractivity contribution in [3.05, 3.63) is 0 Å². The molecule has 1 aliphatic rings. The average molecular weight is 239 g/mol. The van der Waals surface area contributed by atoms with Crippen LogP contribution in [0.1, 0.15) is 0 Å². The lowest BCUT2D eigenvalue weighted by Gasteiger charge is -2.11. The zero-order valence-corrected chi connectivity index (χ0v) is 8.98. The molecule has 0 aromatic heterocycles. The van der Waals surface area contributed by atoms with Crippen LogP contribution in [0, 0.1) is 0 Å². The van der Waals surface area contributed by atoms with Crippen LogP contribution in [0.3, 0.4) is 0 Å². The molecule has 0 spiro atoms. The molecule has 0 saturated carbocycles. The van der Waals surface area contributed by atoms with Crippen LogP contribution < -0.4 is 10.6 Å². The Labute approximate surface area is 80.5 Å². The first-order valence-electron chi connectivity index (χ1n) is 3.10. The fourth-order valence-corrected chi connectivity index (χ4v) is 0.604. The van der Waals surface area contributed by atoms with Gasteiger partial charge in [0.1, 0.15) is 0 Å². The van der Waals surface area contributed by atoms with E-state index in [1.807, 2.05) is 0 Å². The Morgan fingerprint density at radius 1 is 0.909 bits per heavy atom. The highest BCUT2D eigenvalue weighted by molar-refractivity contribution is 8.24. The fourth-order valence-electron chi connectivity index (χ4n) is 0.604. The van der Waals surface area contributed by atoms with Gasteiger partial charge < -0.3 is 10.6 Å². The van der Waals surface area contributed by atoms with E-state index in [0.29, 0.717) is 0 Å². The number of nitrogens with one attached hydrogen (secondary N) is 2. The Kier molecular flexibility index (Phi) is 7.13. The summed E-state index contributed by atoms with van der Waals surface area (Å²) in [4.78, 5) is 0. The maximum atomic E-state index is 9.51. The van der Waals surface area contributed by atoms with Crippen LogP contribution in [0.25, 0.3) is 0 Å². The maximum Gasteiger partial charge on any atom is 0.339 e. The normalized spacial score (nSPS) is 18.5.